The summed E-state index contributed by atoms with van der Waals surface area (Å²) in [5.41, 5.74) is 1.23. The van der Waals surface area contributed by atoms with E-state index in [9.17, 15) is 4.79 Å². The van der Waals surface area contributed by atoms with Crippen molar-refractivity contribution >= 4 is 17.4 Å². The average Bonchev–Trinajstić information content (AvgIpc) is 3.57. The van der Waals surface area contributed by atoms with Crippen LogP contribution in [0.15, 0.2) is 18.3 Å². The van der Waals surface area contributed by atoms with Crippen LogP contribution >= 0.6 is 0 Å². The number of carbonyl (C=O) groups is 1. The highest BCUT2D eigenvalue weighted by Crippen LogP contribution is 2.58. The number of amides is 1. The van der Waals surface area contributed by atoms with Crippen LogP contribution < -0.4 is 10.2 Å². The first-order valence-electron chi connectivity index (χ1n) is 11.2. The van der Waals surface area contributed by atoms with Crippen molar-refractivity contribution in [3.05, 3.63) is 18.3 Å². The van der Waals surface area contributed by atoms with Gasteiger partial charge in [-0.25, -0.2) is 4.98 Å². The zero-order valence-electron chi connectivity index (χ0n) is 17.0. The van der Waals surface area contributed by atoms with E-state index in [4.69, 9.17) is 4.74 Å². The lowest BCUT2D eigenvalue weighted by atomic mass is 9.68. The second-order valence-corrected chi connectivity index (χ2v) is 9.78. The van der Waals surface area contributed by atoms with Crippen LogP contribution in [-0.2, 0) is 9.53 Å². The van der Waals surface area contributed by atoms with Gasteiger partial charge in [0.1, 0.15) is 5.82 Å². The number of pyridine rings is 1. The largest absolute Gasteiger partial charge is 0.377 e. The lowest BCUT2D eigenvalue weighted by Gasteiger charge is -2.37. The number of nitrogens with zero attached hydrogens (tertiary/aromatic N) is 2. The van der Waals surface area contributed by atoms with Crippen LogP contribution in [0.5, 0.6) is 0 Å². The molecule has 0 radical (unpaired) electrons. The molecule has 0 aromatic carbocycles. The number of aromatic nitrogens is 1. The van der Waals surface area contributed by atoms with Crippen molar-refractivity contribution < 1.29 is 9.53 Å². The van der Waals surface area contributed by atoms with Crippen molar-refractivity contribution in [1.29, 1.82) is 0 Å². The molecule has 0 spiro atoms. The molecule has 5 rings (SSSR count). The third-order valence-electron chi connectivity index (χ3n) is 7.72. The monoisotopic (exact) mass is 383 g/mol. The zero-order valence-corrected chi connectivity index (χ0v) is 17.0. The SMILES string of the molecule is CC1(C(CC(=O)Nc2ccc(N3CCOCC3C3CC3)nc2)C2CCC2)CC1. The smallest absolute Gasteiger partial charge is 0.224 e. The van der Waals surface area contributed by atoms with Crippen molar-refractivity contribution in [1.82, 2.24) is 4.98 Å². The Morgan fingerprint density at radius 2 is 2.14 bits per heavy atom. The molecule has 2 unspecified atom stereocenters. The van der Waals surface area contributed by atoms with E-state index in [0.717, 1.165) is 43.1 Å². The minimum atomic E-state index is 0.154. The molecule has 1 amide bonds. The highest BCUT2D eigenvalue weighted by molar-refractivity contribution is 5.90. The van der Waals surface area contributed by atoms with Gasteiger partial charge >= 0.3 is 0 Å². The fraction of sp³-hybridized carbons (Fsp3) is 0.739. The fourth-order valence-corrected chi connectivity index (χ4v) is 5.21. The van der Waals surface area contributed by atoms with Crippen LogP contribution in [0.25, 0.3) is 0 Å². The molecule has 1 N–H and O–H groups in total. The second kappa shape index (κ2) is 7.33. The molecule has 1 aromatic rings. The lowest BCUT2D eigenvalue weighted by Crippen LogP contribution is -2.47. The number of hydrogen-bond acceptors (Lipinski definition) is 4. The minimum absolute atomic E-state index is 0.154. The molecule has 3 saturated carbocycles. The number of hydrogen-bond donors (Lipinski definition) is 1. The molecular weight excluding hydrogens is 350 g/mol. The Kier molecular flexibility index (Phi) is 4.82. The first-order chi connectivity index (χ1) is 13.6. The highest BCUT2D eigenvalue weighted by Gasteiger charge is 2.49. The molecule has 2 atom stereocenters. The van der Waals surface area contributed by atoms with Crippen LogP contribution in [0.3, 0.4) is 0 Å². The number of nitrogens with one attached hydrogen (secondary N) is 1. The summed E-state index contributed by atoms with van der Waals surface area (Å²) in [5.74, 6) is 3.24. The van der Waals surface area contributed by atoms with E-state index in [1.807, 2.05) is 12.3 Å². The molecule has 0 bridgehead atoms. The lowest BCUT2D eigenvalue weighted by molar-refractivity contribution is -0.118. The van der Waals surface area contributed by atoms with Gasteiger partial charge < -0.3 is 15.0 Å². The molecule has 1 saturated heterocycles. The summed E-state index contributed by atoms with van der Waals surface area (Å²) in [4.78, 5) is 19.8. The molecule has 4 aliphatic rings. The van der Waals surface area contributed by atoms with Crippen molar-refractivity contribution in [3.63, 3.8) is 0 Å². The predicted molar refractivity (Wildman–Crippen MR) is 110 cm³/mol. The summed E-state index contributed by atoms with van der Waals surface area (Å²) in [6.07, 6.45) is 11.6. The van der Waals surface area contributed by atoms with Gasteiger partial charge in [-0.05, 0) is 61.0 Å². The molecular formula is C23H33N3O2. The highest BCUT2D eigenvalue weighted by atomic mass is 16.5. The van der Waals surface area contributed by atoms with Gasteiger partial charge in [-0.2, -0.15) is 0 Å². The Labute approximate surface area is 168 Å². The predicted octanol–water partition coefficient (Wildman–Crippen LogP) is 4.24. The van der Waals surface area contributed by atoms with Crippen molar-refractivity contribution in [2.24, 2.45) is 23.2 Å². The van der Waals surface area contributed by atoms with E-state index in [1.54, 1.807) is 0 Å². The topological polar surface area (TPSA) is 54.5 Å². The number of morpholine rings is 1. The van der Waals surface area contributed by atoms with E-state index in [2.05, 4.69) is 28.2 Å². The summed E-state index contributed by atoms with van der Waals surface area (Å²) >= 11 is 0. The Bertz CT molecular complexity index is 707. The van der Waals surface area contributed by atoms with E-state index < -0.39 is 0 Å². The normalized spacial score (nSPS) is 27.8. The van der Waals surface area contributed by atoms with Gasteiger partial charge in [0.2, 0.25) is 5.91 Å². The maximum atomic E-state index is 12.7. The van der Waals surface area contributed by atoms with Crippen LogP contribution in [0, 0.1) is 23.2 Å². The number of carbonyl (C=O) groups excluding carboxylic acids is 1. The Hall–Kier alpha value is -1.62. The summed E-state index contributed by atoms with van der Waals surface area (Å²) in [5, 5.41) is 3.11. The zero-order chi connectivity index (χ0) is 19.1. The summed E-state index contributed by atoms with van der Waals surface area (Å²) in [6, 6.07) is 4.53. The van der Waals surface area contributed by atoms with Crippen LogP contribution in [-0.4, -0.2) is 36.7 Å². The van der Waals surface area contributed by atoms with E-state index in [0.29, 0.717) is 23.8 Å². The standard InChI is InChI=1S/C23H33N3O2/c1-23(9-10-23)19(16-3-2-4-16)13-22(27)25-18-7-8-21(24-14-18)26-11-12-28-15-20(26)17-5-6-17/h7-8,14,16-17,19-20H,2-6,9-13,15H2,1H3,(H,25,27). The van der Waals surface area contributed by atoms with E-state index in [1.165, 1.54) is 44.9 Å². The first-order valence-corrected chi connectivity index (χ1v) is 11.2. The van der Waals surface area contributed by atoms with Gasteiger partial charge in [0, 0.05) is 13.0 Å². The fourth-order valence-electron chi connectivity index (χ4n) is 5.21. The minimum Gasteiger partial charge on any atom is -0.377 e. The molecule has 5 nitrogen and oxygen atoms in total. The summed E-state index contributed by atoms with van der Waals surface area (Å²) in [6.45, 7) is 4.86. The van der Waals surface area contributed by atoms with Gasteiger partial charge in [0.05, 0.1) is 31.1 Å². The average molecular weight is 384 g/mol. The van der Waals surface area contributed by atoms with Gasteiger partial charge in [-0.3, -0.25) is 4.79 Å². The Morgan fingerprint density at radius 3 is 2.75 bits per heavy atom. The molecule has 4 fully saturated rings. The van der Waals surface area contributed by atoms with Gasteiger partial charge in [0.25, 0.3) is 0 Å². The van der Waals surface area contributed by atoms with E-state index >= 15 is 0 Å². The third-order valence-corrected chi connectivity index (χ3v) is 7.72. The van der Waals surface area contributed by atoms with Crippen molar-refractivity contribution in [2.75, 3.05) is 30.0 Å². The second-order valence-electron chi connectivity index (χ2n) is 9.78. The van der Waals surface area contributed by atoms with Gasteiger partial charge in [-0.1, -0.05) is 26.2 Å². The maximum Gasteiger partial charge on any atom is 0.224 e. The summed E-state index contributed by atoms with van der Waals surface area (Å²) in [7, 11) is 0. The summed E-state index contributed by atoms with van der Waals surface area (Å²) < 4.78 is 5.69. The molecule has 152 valence electrons. The van der Waals surface area contributed by atoms with Crippen molar-refractivity contribution in [3.8, 4) is 0 Å². The third kappa shape index (κ3) is 3.78. The van der Waals surface area contributed by atoms with Crippen LogP contribution in [0.2, 0.25) is 0 Å². The number of rotatable bonds is 7. The molecule has 1 aromatic heterocycles. The maximum absolute atomic E-state index is 12.7. The van der Waals surface area contributed by atoms with Gasteiger partial charge in [-0.15, -0.1) is 0 Å². The molecule has 28 heavy (non-hydrogen) atoms. The molecule has 3 aliphatic carbocycles. The van der Waals surface area contributed by atoms with Crippen LogP contribution in [0.4, 0.5) is 11.5 Å². The quantitative estimate of drug-likeness (QED) is 0.765. The first kappa shape index (κ1) is 18.4. The molecule has 1 aliphatic heterocycles. The molecule has 2 heterocycles. The number of anilines is 2. The Morgan fingerprint density at radius 1 is 1.32 bits per heavy atom. The van der Waals surface area contributed by atoms with Crippen molar-refractivity contribution in [2.45, 2.75) is 64.3 Å². The Balaban J connectivity index is 1.20. The molecule has 5 heteroatoms. The van der Waals surface area contributed by atoms with Gasteiger partial charge in [0.15, 0.2) is 0 Å². The number of ether oxygens (including phenoxy) is 1. The van der Waals surface area contributed by atoms with E-state index in [-0.39, 0.29) is 5.91 Å². The van der Waals surface area contributed by atoms with Crippen LogP contribution in [0.1, 0.15) is 58.3 Å².